The molecule has 2 rings (SSSR count). The van der Waals surface area contributed by atoms with Crippen molar-refractivity contribution in [2.24, 2.45) is 0 Å². The molecular formula is C17H20FNO4S. The Hall–Kier alpha value is -2.12. The van der Waals surface area contributed by atoms with Gasteiger partial charge in [0.1, 0.15) is 17.3 Å². The van der Waals surface area contributed by atoms with Gasteiger partial charge >= 0.3 is 0 Å². The van der Waals surface area contributed by atoms with E-state index in [1.807, 2.05) is 13.8 Å². The van der Waals surface area contributed by atoms with E-state index >= 15 is 0 Å². The first-order valence-corrected chi connectivity index (χ1v) is 8.85. The van der Waals surface area contributed by atoms with E-state index in [4.69, 9.17) is 9.47 Å². The summed E-state index contributed by atoms with van der Waals surface area (Å²) in [5.74, 6) is -0.128. The largest absolute Gasteiger partial charge is 0.495 e. The van der Waals surface area contributed by atoms with E-state index in [9.17, 15) is 12.8 Å². The van der Waals surface area contributed by atoms with Gasteiger partial charge in [0.25, 0.3) is 0 Å². The first kappa shape index (κ1) is 18.2. The maximum atomic E-state index is 13.4. The predicted molar refractivity (Wildman–Crippen MR) is 89.6 cm³/mol. The number of hydrogen-bond acceptors (Lipinski definition) is 4. The lowest BCUT2D eigenvalue weighted by atomic mass is 10.1. The standard InChI is InChI=1S/C17H20FNO4S/c1-12-10-16(22-3)17(11-13(12)2)24(20,21)19-8-9-23-15-7-5-4-6-14(15)18/h4-7,10-11,19H,8-9H2,1-3H3. The molecule has 0 aliphatic rings. The molecule has 0 spiro atoms. The summed E-state index contributed by atoms with van der Waals surface area (Å²) in [6, 6.07) is 9.20. The molecule has 2 aromatic carbocycles. The molecule has 0 atom stereocenters. The first-order chi connectivity index (χ1) is 11.3. The number of aryl methyl sites for hydroxylation is 2. The highest BCUT2D eigenvalue weighted by Gasteiger charge is 2.20. The SMILES string of the molecule is COc1cc(C)c(C)cc1S(=O)(=O)NCCOc1ccccc1F. The number of rotatable bonds is 7. The number of sulfonamides is 1. The number of hydrogen-bond donors (Lipinski definition) is 1. The maximum absolute atomic E-state index is 13.4. The summed E-state index contributed by atoms with van der Waals surface area (Å²) < 4.78 is 51.1. The van der Waals surface area contributed by atoms with Crippen molar-refractivity contribution in [2.45, 2.75) is 18.7 Å². The fourth-order valence-corrected chi connectivity index (χ4v) is 3.36. The van der Waals surface area contributed by atoms with Gasteiger partial charge in [0, 0.05) is 6.54 Å². The van der Waals surface area contributed by atoms with E-state index in [0.29, 0.717) is 0 Å². The third kappa shape index (κ3) is 4.24. The van der Waals surface area contributed by atoms with Crippen LogP contribution in [0.3, 0.4) is 0 Å². The summed E-state index contributed by atoms with van der Waals surface area (Å²) in [6.45, 7) is 3.72. The molecule has 1 N–H and O–H groups in total. The molecule has 24 heavy (non-hydrogen) atoms. The molecule has 0 aliphatic heterocycles. The third-order valence-corrected chi connectivity index (χ3v) is 5.04. The molecule has 0 amide bonds. The molecule has 0 heterocycles. The van der Waals surface area contributed by atoms with Crippen LogP contribution in [-0.4, -0.2) is 28.7 Å². The first-order valence-electron chi connectivity index (χ1n) is 7.37. The van der Waals surface area contributed by atoms with Gasteiger partial charge in [-0.15, -0.1) is 0 Å². The zero-order valence-corrected chi connectivity index (χ0v) is 14.6. The van der Waals surface area contributed by atoms with Crippen LogP contribution in [0.4, 0.5) is 4.39 Å². The van der Waals surface area contributed by atoms with Crippen LogP contribution in [0.1, 0.15) is 11.1 Å². The second-order valence-corrected chi connectivity index (χ2v) is 7.00. The zero-order chi connectivity index (χ0) is 17.7. The summed E-state index contributed by atoms with van der Waals surface area (Å²) in [6.07, 6.45) is 0. The van der Waals surface area contributed by atoms with E-state index < -0.39 is 15.8 Å². The van der Waals surface area contributed by atoms with Gasteiger partial charge in [-0.05, 0) is 49.2 Å². The van der Waals surface area contributed by atoms with E-state index in [0.717, 1.165) is 11.1 Å². The molecule has 0 saturated carbocycles. The molecule has 0 bridgehead atoms. The van der Waals surface area contributed by atoms with Crippen molar-refractivity contribution in [3.63, 3.8) is 0 Å². The smallest absolute Gasteiger partial charge is 0.244 e. The number of nitrogens with one attached hydrogen (secondary N) is 1. The van der Waals surface area contributed by atoms with E-state index in [2.05, 4.69) is 4.72 Å². The van der Waals surface area contributed by atoms with Crippen LogP contribution in [0, 0.1) is 19.7 Å². The molecular weight excluding hydrogens is 333 g/mol. The molecule has 0 fully saturated rings. The van der Waals surface area contributed by atoms with Gasteiger partial charge in [0.05, 0.1) is 7.11 Å². The van der Waals surface area contributed by atoms with Gasteiger partial charge in [-0.25, -0.2) is 17.5 Å². The molecule has 0 saturated heterocycles. The number of halogens is 1. The fraction of sp³-hybridized carbons (Fsp3) is 0.294. The van der Waals surface area contributed by atoms with Crippen molar-refractivity contribution in [3.05, 3.63) is 53.3 Å². The molecule has 7 heteroatoms. The summed E-state index contributed by atoms with van der Waals surface area (Å²) >= 11 is 0. The van der Waals surface area contributed by atoms with Crippen LogP contribution in [0.2, 0.25) is 0 Å². The van der Waals surface area contributed by atoms with Gasteiger partial charge < -0.3 is 9.47 Å². The second-order valence-electron chi connectivity index (χ2n) is 5.26. The Morgan fingerprint density at radius 2 is 1.75 bits per heavy atom. The van der Waals surface area contributed by atoms with E-state index in [-0.39, 0.29) is 29.5 Å². The Morgan fingerprint density at radius 1 is 1.08 bits per heavy atom. The minimum atomic E-state index is -3.76. The van der Waals surface area contributed by atoms with Crippen LogP contribution in [0.15, 0.2) is 41.3 Å². The van der Waals surface area contributed by atoms with Crippen LogP contribution in [0.25, 0.3) is 0 Å². The molecule has 5 nitrogen and oxygen atoms in total. The lowest BCUT2D eigenvalue weighted by Gasteiger charge is -2.13. The highest BCUT2D eigenvalue weighted by atomic mass is 32.2. The molecule has 0 unspecified atom stereocenters. The topological polar surface area (TPSA) is 64.6 Å². The van der Waals surface area contributed by atoms with Gasteiger partial charge in [-0.3, -0.25) is 0 Å². The van der Waals surface area contributed by atoms with Gasteiger partial charge in [0.2, 0.25) is 10.0 Å². The maximum Gasteiger partial charge on any atom is 0.244 e. The minimum absolute atomic E-state index is 0.00669. The Kier molecular flexibility index (Phi) is 5.80. The van der Waals surface area contributed by atoms with Crippen molar-refractivity contribution >= 4 is 10.0 Å². The molecule has 0 aliphatic carbocycles. The van der Waals surface area contributed by atoms with Crippen molar-refractivity contribution in [2.75, 3.05) is 20.3 Å². The Labute approximate surface area is 141 Å². The third-order valence-electron chi connectivity index (χ3n) is 3.56. The van der Waals surface area contributed by atoms with Crippen LogP contribution in [0.5, 0.6) is 11.5 Å². The zero-order valence-electron chi connectivity index (χ0n) is 13.8. The summed E-state index contributed by atoms with van der Waals surface area (Å²) in [7, 11) is -2.33. The minimum Gasteiger partial charge on any atom is -0.495 e. The van der Waals surface area contributed by atoms with Gasteiger partial charge in [-0.1, -0.05) is 12.1 Å². The number of para-hydroxylation sites is 1. The highest BCUT2D eigenvalue weighted by molar-refractivity contribution is 7.89. The van der Waals surface area contributed by atoms with Crippen LogP contribution >= 0.6 is 0 Å². The van der Waals surface area contributed by atoms with Crippen molar-refractivity contribution in [1.29, 1.82) is 0 Å². The second kappa shape index (κ2) is 7.63. The molecule has 2 aromatic rings. The Balaban J connectivity index is 2.04. The lowest BCUT2D eigenvalue weighted by molar-refractivity contribution is 0.306. The average molecular weight is 353 g/mol. The van der Waals surface area contributed by atoms with E-state index in [1.165, 1.54) is 19.2 Å². The monoisotopic (exact) mass is 353 g/mol. The Morgan fingerprint density at radius 3 is 2.42 bits per heavy atom. The molecule has 130 valence electrons. The molecule has 0 aromatic heterocycles. The highest BCUT2D eigenvalue weighted by Crippen LogP contribution is 2.27. The summed E-state index contributed by atoms with van der Waals surface area (Å²) in [5, 5.41) is 0. The van der Waals surface area contributed by atoms with Crippen molar-refractivity contribution < 1.29 is 22.3 Å². The molecule has 0 radical (unpaired) electrons. The number of methoxy groups -OCH3 is 1. The predicted octanol–water partition coefficient (Wildman–Crippen LogP) is 2.81. The fourth-order valence-electron chi connectivity index (χ4n) is 2.11. The van der Waals surface area contributed by atoms with Gasteiger partial charge in [0.15, 0.2) is 11.6 Å². The summed E-state index contributed by atoms with van der Waals surface area (Å²) in [5.41, 5.74) is 1.78. The van der Waals surface area contributed by atoms with Crippen molar-refractivity contribution in [1.82, 2.24) is 4.72 Å². The van der Waals surface area contributed by atoms with Crippen molar-refractivity contribution in [3.8, 4) is 11.5 Å². The quantitative estimate of drug-likeness (QED) is 0.778. The van der Waals surface area contributed by atoms with Crippen LogP contribution in [-0.2, 0) is 10.0 Å². The summed E-state index contributed by atoms with van der Waals surface area (Å²) in [4.78, 5) is 0.0685. The normalized spacial score (nSPS) is 11.3. The number of ether oxygens (including phenoxy) is 2. The van der Waals surface area contributed by atoms with Gasteiger partial charge in [-0.2, -0.15) is 0 Å². The lowest BCUT2D eigenvalue weighted by Crippen LogP contribution is -2.28. The number of benzene rings is 2. The van der Waals surface area contributed by atoms with Crippen LogP contribution < -0.4 is 14.2 Å². The Bertz CT molecular complexity index is 821. The average Bonchev–Trinajstić information content (AvgIpc) is 2.55. The van der Waals surface area contributed by atoms with E-state index in [1.54, 1.807) is 24.3 Å².